The number of aryl methyl sites for hydroxylation is 2. The molecule has 88 valence electrons. The molecule has 0 heterocycles. The molecule has 3 rings (SSSR count). The highest BCUT2D eigenvalue weighted by molar-refractivity contribution is 5.93. The van der Waals surface area contributed by atoms with Crippen molar-refractivity contribution in [3.8, 4) is 0 Å². The number of nitrogens with one attached hydrogen (secondary N) is 1. The summed E-state index contributed by atoms with van der Waals surface area (Å²) in [6.45, 7) is 5.43. The molecule has 0 radical (unpaired) electrons. The SMILES string of the molecule is CCNC(C)c1ccc2c3c(cccc13)CC2. The third kappa shape index (κ3) is 1.66. The highest BCUT2D eigenvalue weighted by atomic mass is 14.9. The third-order valence-electron chi connectivity index (χ3n) is 3.89. The molecular formula is C16H19N. The third-order valence-corrected chi connectivity index (χ3v) is 3.89. The standard InChI is InChI=1S/C16H19N/c1-3-17-11(2)14-10-9-13-8-7-12-5-4-6-15(14)16(12)13/h4-6,9-11,17H,3,7-8H2,1-2H3. The van der Waals surface area contributed by atoms with Crippen molar-refractivity contribution in [1.29, 1.82) is 0 Å². The van der Waals surface area contributed by atoms with Gasteiger partial charge in [0.25, 0.3) is 0 Å². The van der Waals surface area contributed by atoms with Crippen molar-refractivity contribution in [3.63, 3.8) is 0 Å². The summed E-state index contributed by atoms with van der Waals surface area (Å²) in [6.07, 6.45) is 2.43. The van der Waals surface area contributed by atoms with Crippen LogP contribution >= 0.6 is 0 Å². The molecule has 2 aromatic rings. The molecule has 1 heteroatoms. The lowest BCUT2D eigenvalue weighted by Gasteiger charge is -2.16. The maximum atomic E-state index is 3.51. The summed E-state index contributed by atoms with van der Waals surface area (Å²) in [4.78, 5) is 0. The Bertz CT molecular complexity index is 546. The molecule has 17 heavy (non-hydrogen) atoms. The first-order valence-corrected chi connectivity index (χ1v) is 6.58. The zero-order chi connectivity index (χ0) is 11.8. The second kappa shape index (κ2) is 4.15. The second-order valence-corrected chi connectivity index (χ2v) is 4.93. The summed E-state index contributed by atoms with van der Waals surface area (Å²) < 4.78 is 0. The van der Waals surface area contributed by atoms with Gasteiger partial charge < -0.3 is 5.32 Å². The Balaban J connectivity index is 2.21. The van der Waals surface area contributed by atoms with E-state index in [1.165, 1.54) is 40.3 Å². The highest BCUT2D eigenvalue weighted by Crippen LogP contribution is 2.34. The first kappa shape index (κ1) is 10.8. The van der Waals surface area contributed by atoms with E-state index in [4.69, 9.17) is 0 Å². The van der Waals surface area contributed by atoms with E-state index >= 15 is 0 Å². The molecule has 0 bridgehead atoms. The van der Waals surface area contributed by atoms with Crippen LogP contribution < -0.4 is 5.32 Å². The predicted molar refractivity (Wildman–Crippen MR) is 73.4 cm³/mol. The monoisotopic (exact) mass is 225 g/mol. The van der Waals surface area contributed by atoms with Gasteiger partial charge in [-0.2, -0.15) is 0 Å². The van der Waals surface area contributed by atoms with E-state index in [2.05, 4.69) is 49.5 Å². The molecule has 0 saturated heterocycles. The van der Waals surface area contributed by atoms with Gasteiger partial charge in [0.05, 0.1) is 0 Å². The van der Waals surface area contributed by atoms with E-state index in [1.807, 2.05) is 0 Å². The van der Waals surface area contributed by atoms with E-state index in [9.17, 15) is 0 Å². The quantitative estimate of drug-likeness (QED) is 0.841. The smallest absolute Gasteiger partial charge is 0.0297 e. The molecule has 1 N–H and O–H groups in total. The van der Waals surface area contributed by atoms with Crippen LogP contribution in [0.1, 0.15) is 36.6 Å². The minimum Gasteiger partial charge on any atom is -0.310 e. The van der Waals surface area contributed by atoms with Crippen molar-refractivity contribution >= 4 is 10.8 Å². The van der Waals surface area contributed by atoms with Gasteiger partial charge in [-0.05, 0) is 53.8 Å². The Morgan fingerprint density at radius 1 is 1.12 bits per heavy atom. The minimum absolute atomic E-state index is 0.435. The zero-order valence-electron chi connectivity index (χ0n) is 10.6. The topological polar surface area (TPSA) is 12.0 Å². The Morgan fingerprint density at radius 2 is 1.88 bits per heavy atom. The van der Waals surface area contributed by atoms with Crippen LogP contribution in [0.25, 0.3) is 10.8 Å². The number of hydrogen-bond acceptors (Lipinski definition) is 1. The van der Waals surface area contributed by atoms with Gasteiger partial charge in [-0.1, -0.05) is 37.3 Å². The average Bonchev–Trinajstić information content (AvgIpc) is 2.76. The van der Waals surface area contributed by atoms with E-state index in [0.717, 1.165) is 6.54 Å². The van der Waals surface area contributed by atoms with E-state index in [-0.39, 0.29) is 0 Å². The molecule has 1 aliphatic carbocycles. The lowest BCUT2D eigenvalue weighted by atomic mass is 9.96. The second-order valence-electron chi connectivity index (χ2n) is 4.93. The van der Waals surface area contributed by atoms with Crippen molar-refractivity contribution in [2.75, 3.05) is 6.54 Å². The maximum Gasteiger partial charge on any atom is 0.0297 e. The van der Waals surface area contributed by atoms with Crippen LogP contribution in [0, 0.1) is 0 Å². The Labute approximate surface area is 103 Å². The molecular weight excluding hydrogens is 206 g/mol. The fourth-order valence-electron chi connectivity index (χ4n) is 3.06. The molecule has 0 aromatic heterocycles. The van der Waals surface area contributed by atoms with Crippen LogP contribution in [0.3, 0.4) is 0 Å². The molecule has 0 amide bonds. The molecule has 0 saturated carbocycles. The van der Waals surface area contributed by atoms with Gasteiger partial charge >= 0.3 is 0 Å². The lowest BCUT2D eigenvalue weighted by molar-refractivity contribution is 0.602. The van der Waals surface area contributed by atoms with E-state index < -0.39 is 0 Å². The van der Waals surface area contributed by atoms with Gasteiger partial charge in [-0.25, -0.2) is 0 Å². The Morgan fingerprint density at radius 3 is 2.65 bits per heavy atom. The van der Waals surface area contributed by atoms with Crippen molar-refractivity contribution in [1.82, 2.24) is 5.32 Å². The van der Waals surface area contributed by atoms with Crippen molar-refractivity contribution in [2.24, 2.45) is 0 Å². The number of rotatable bonds is 3. The minimum atomic E-state index is 0.435. The summed E-state index contributed by atoms with van der Waals surface area (Å²) in [5.41, 5.74) is 4.50. The highest BCUT2D eigenvalue weighted by Gasteiger charge is 2.17. The van der Waals surface area contributed by atoms with Gasteiger partial charge in [0.1, 0.15) is 0 Å². The van der Waals surface area contributed by atoms with Crippen LogP contribution in [0.4, 0.5) is 0 Å². The normalized spacial score (nSPS) is 15.4. The van der Waals surface area contributed by atoms with Gasteiger partial charge in [0.15, 0.2) is 0 Å². The van der Waals surface area contributed by atoms with Crippen LogP contribution in [-0.4, -0.2) is 6.54 Å². The Kier molecular flexibility index (Phi) is 2.64. The average molecular weight is 225 g/mol. The van der Waals surface area contributed by atoms with Gasteiger partial charge in [0, 0.05) is 6.04 Å². The van der Waals surface area contributed by atoms with Crippen molar-refractivity contribution < 1.29 is 0 Å². The van der Waals surface area contributed by atoms with E-state index in [1.54, 1.807) is 0 Å². The maximum absolute atomic E-state index is 3.51. The van der Waals surface area contributed by atoms with Crippen LogP contribution in [-0.2, 0) is 12.8 Å². The largest absolute Gasteiger partial charge is 0.310 e. The van der Waals surface area contributed by atoms with Crippen molar-refractivity contribution in [2.45, 2.75) is 32.7 Å². The first-order valence-electron chi connectivity index (χ1n) is 6.58. The molecule has 0 spiro atoms. The van der Waals surface area contributed by atoms with E-state index in [0.29, 0.717) is 6.04 Å². The molecule has 0 aliphatic heterocycles. The van der Waals surface area contributed by atoms with Crippen LogP contribution in [0.15, 0.2) is 30.3 Å². The Hall–Kier alpha value is -1.34. The number of hydrogen-bond donors (Lipinski definition) is 1. The fraction of sp³-hybridized carbons (Fsp3) is 0.375. The summed E-state index contributed by atoms with van der Waals surface area (Å²) >= 11 is 0. The number of benzene rings is 2. The summed E-state index contributed by atoms with van der Waals surface area (Å²) in [6, 6.07) is 11.8. The van der Waals surface area contributed by atoms with Gasteiger partial charge in [0.2, 0.25) is 0 Å². The molecule has 0 fully saturated rings. The van der Waals surface area contributed by atoms with Gasteiger partial charge in [-0.15, -0.1) is 0 Å². The van der Waals surface area contributed by atoms with Gasteiger partial charge in [-0.3, -0.25) is 0 Å². The summed E-state index contributed by atoms with van der Waals surface area (Å²) in [5, 5.41) is 6.49. The van der Waals surface area contributed by atoms with Crippen LogP contribution in [0.5, 0.6) is 0 Å². The molecule has 2 aromatic carbocycles. The lowest BCUT2D eigenvalue weighted by Crippen LogP contribution is -2.17. The van der Waals surface area contributed by atoms with Crippen molar-refractivity contribution in [3.05, 3.63) is 47.0 Å². The van der Waals surface area contributed by atoms with Crippen LogP contribution in [0.2, 0.25) is 0 Å². The first-order chi connectivity index (χ1) is 8.31. The zero-order valence-corrected chi connectivity index (χ0v) is 10.6. The molecule has 1 nitrogen and oxygen atoms in total. The summed E-state index contributed by atoms with van der Waals surface area (Å²) in [5.74, 6) is 0. The fourth-order valence-corrected chi connectivity index (χ4v) is 3.06. The summed E-state index contributed by atoms with van der Waals surface area (Å²) in [7, 11) is 0. The molecule has 1 aliphatic rings. The molecule has 1 unspecified atom stereocenters. The molecule has 1 atom stereocenters. The predicted octanol–water partition coefficient (Wildman–Crippen LogP) is 3.61.